The third-order valence-electron chi connectivity index (χ3n) is 4.02. The molecule has 0 atom stereocenters. The van der Waals surface area contributed by atoms with Gasteiger partial charge in [-0.1, -0.05) is 12.1 Å². The van der Waals surface area contributed by atoms with Gasteiger partial charge < -0.3 is 0 Å². The Kier molecular flexibility index (Phi) is 3.64. The summed E-state index contributed by atoms with van der Waals surface area (Å²) in [5, 5.41) is 16.2. The molecule has 4 rings (SSSR count). The van der Waals surface area contributed by atoms with E-state index in [9.17, 15) is 4.79 Å². The van der Waals surface area contributed by atoms with Gasteiger partial charge in [0.2, 0.25) is 0 Å². The number of thiophene rings is 1. The zero-order valence-electron chi connectivity index (χ0n) is 13.3. The van der Waals surface area contributed by atoms with Crippen molar-refractivity contribution in [1.29, 1.82) is 5.26 Å². The Balaban J connectivity index is 2.05. The zero-order valence-corrected chi connectivity index (χ0v) is 14.1. The van der Waals surface area contributed by atoms with E-state index >= 15 is 0 Å². The van der Waals surface area contributed by atoms with Gasteiger partial charge in [0.1, 0.15) is 5.69 Å². The number of nitrogens with zero attached hydrogens (tertiary/aromatic N) is 4. The van der Waals surface area contributed by atoms with Crippen molar-refractivity contribution < 1.29 is 0 Å². The normalized spacial score (nSPS) is 10.7. The molecular formula is C19H12N4OS. The molecule has 4 aromatic rings. The van der Waals surface area contributed by atoms with E-state index in [-0.39, 0.29) is 5.56 Å². The Hall–Kier alpha value is -3.30. The van der Waals surface area contributed by atoms with Gasteiger partial charge in [0.05, 0.1) is 21.7 Å². The molecule has 1 aromatic carbocycles. The van der Waals surface area contributed by atoms with E-state index in [2.05, 4.69) is 16.2 Å². The maximum Gasteiger partial charge on any atom is 0.275 e. The van der Waals surface area contributed by atoms with Crippen LogP contribution in [0.2, 0.25) is 0 Å². The van der Waals surface area contributed by atoms with Crippen LogP contribution in [0.1, 0.15) is 5.56 Å². The molecule has 3 aromatic heterocycles. The van der Waals surface area contributed by atoms with Crippen LogP contribution in [0.5, 0.6) is 0 Å². The van der Waals surface area contributed by atoms with Gasteiger partial charge in [-0.05, 0) is 29.8 Å². The van der Waals surface area contributed by atoms with Crippen molar-refractivity contribution in [1.82, 2.24) is 14.8 Å². The number of fused-ring (bicyclic) bond motifs is 1. The fourth-order valence-corrected chi connectivity index (χ4v) is 3.89. The molecule has 5 nitrogen and oxygen atoms in total. The molecule has 0 saturated heterocycles. The minimum absolute atomic E-state index is 0.147. The van der Waals surface area contributed by atoms with Gasteiger partial charge in [-0.3, -0.25) is 9.78 Å². The van der Waals surface area contributed by atoms with E-state index < -0.39 is 0 Å². The smallest absolute Gasteiger partial charge is 0.267 e. The summed E-state index contributed by atoms with van der Waals surface area (Å²) in [7, 11) is 1.65. The monoisotopic (exact) mass is 344 g/mol. The maximum absolute atomic E-state index is 12.8. The van der Waals surface area contributed by atoms with Crippen molar-refractivity contribution in [2.75, 3.05) is 0 Å². The fraction of sp³-hybridized carbons (Fsp3) is 0.0526. The number of aromatic nitrogens is 3. The van der Waals surface area contributed by atoms with E-state index in [1.54, 1.807) is 31.6 Å². The van der Waals surface area contributed by atoms with Crippen LogP contribution < -0.4 is 5.56 Å². The predicted octanol–water partition coefficient (Wildman–Crippen LogP) is 3.60. The summed E-state index contributed by atoms with van der Waals surface area (Å²) >= 11 is 1.49. The maximum atomic E-state index is 12.8. The second kappa shape index (κ2) is 5.96. The number of rotatable bonds is 2. The summed E-state index contributed by atoms with van der Waals surface area (Å²) in [4.78, 5) is 16.8. The van der Waals surface area contributed by atoms with Crippen molar-refractivity contribution in [2.45, 2.75) is 0 Å². The van der Waals surface area contributed by atoms with Crippen LogP contribution in [-0.4, -0.2) is 14.8 Å². The number of hydrogen-bond acceptors (Lipinski definition) is 5. The van der Waals surface area contributed by atoms with Crippen molar-refractivity contribution >= 4 is 21.4 Å². The van der Waals surface area contributed by atoms with Crippen molar-refractivity contribution in [3.8, 4) is 28.5 Å². The summed E-state index contributed by atoms with van der Waals surface area (Å²) in [6.45, 7) is 0. The van der Waals surface area contributed by atoms with Gasteiger partial charge in [-0.2, -0.15) is 10.4 Å². The average Bonchev–Trinajstić information content (AvgIpc) is 3.11. The average molecular weight is 344 g/mol. The van der Waals surface area contributed by atoms with Crippen LogP contribution in [0.3, 0.4) is 0 Å². The molecule has 0 radical (unpaired) electrons. The number of pyridine rings is 1. The molecule has 0 aliphatic carbocycles. The molecule has 0 bridgehead atoms. The Morgan fingerprint density at radius 3 is 2.72 bits per heavy atom. The highest BCUT2D eigenvalue weighted by Crippen LogP contribution is 2.36. The van der Waals surface area contributed by atoms with Gasteiger partial charge in [0, 0.05) is 35.9 Å². The lowest BCUT2D eigenvalue weighted by atomic mass is 10.0. The largest absolute Gasteiger partial charge is 0.275 e. The third kappa shape index (κ3) is 2.51. The second-order valence-corrected chi connectivity index (χ2v) is 6.44. The van der Waals surface area contributed by atoms with Crippen LogP contribution in [0.4, 0.5) is 0 Å². The molecule has 0 spiro atoms. The summed E-state index contributed by atoms with van der Waals surface area (Å²) in [6, 6.07) is 13.2. The highest BCUT2D eigenvalue weighted by atomic mass is 32.1. The molecule has 0 aliphatic rings. The van der Waals surface area contributed by atoms with Crippen LogP contribution in [0.25, 0.3) is 32.5 Å². The Labute approximate surface area is 147 Å². The van der Waals surface area contributed by atoms with Crippen molar-refractivity contribution in [3.05, 3.63) is 70.1 Å². The summed E-state index contributed by atoms with van der Waals surface area (Å²) < 4.78 is 2.20. The molecular weight excluding hydrogens is 332 g/mol. The first kappa shape index (κ1) is 15.2. The number of hydrogen-bond donors (Lipinski definition) is 0. The second-order valence-electron chi connectivity index (χ2n) is 5.56. The van der Waals surface area contributed by atoms with Crippen molar-refractivity contribution in [2.24, 2.45) is 7.05 Å². The van der Waals surface area contributed by atoms with Gasteiger partial charge >= 0.3 is 0 Å². The lowest BCUT2D eigenvalue weighted by molar-refractivity contribution is 0.723. The lowest BCUT2D eigenvalue weighted by Crippen LogP contribution is -2.20. The Bertz CT molecular complexity index is 1190. The summed E-state index contributed by atoms with van der Waals surface area (Å²) in [6.07, 6.45) is 3.41. The van der Waals surface area contributed by atoms with E-state index in [4.69, 9.17) is 5.26 Å². The van der Waals surface area contributed by atoms with Gasteiger partial charge in [-0.25, -0.2) is 4.68 Å². The third-order valence-corrected chi connectivity index (χ3v) is 5.01. The first-order chi connectivity index (χ1) is 12.2. The van der Waals surface area contributed by atoms with Gasteiger partial charge in [-0.15, -0.1) is 11.3 Å². The molecule has 0 fully saturated rings. The van der Waals surface area contributed by atoms with E-state index in [0.29, 0.717) is 10.9 Å². The zero-order chi connectivity index (χ0) is 17.4. The van der Waals surface area contributed by atoms with E-state index in [1.807, 2.05) is 29.6 Å². The van der Waals surface area contributed by atoms with Crippen LogP contribution in [0.15, 0.2) is 59.0 Å². The molecule has 0 saturated carbocycles. The van der Waals surface area contributed by atoms with Crippen LogP contribution in [-0.2, 0) is 7.05 Å². The minimum Gasteiger partial charge on any atom is -0.267 e. The molecule has 0 N–H and O–H groups in total. The highest BCUT2D eigenvalue weighted by Gasteiger charge is 2.17. The molecule has 0 amide bonds. The summed E-state index contributed by atoms with van der Waals surface area (Å²) in [5.41, 5.74) is 3.77. The first-order valence-corrected chi connectivity index (χ1v) is 8.46. The SMILES string of the molecule is Cn1nc(-c2ccncc2)c2scc(-c3cccc(C#N)c3)c2c1=O. The standard InChI is InChI=1S/C19H12N4OS/c1-23-19(24)16-15(14-4-2-3-12(9-14)10-20)11-25-18(16)17(22-23)13-5-7-21-8-6-13/h2-9,11H,1H3. The number of benzene rings is 1. The van der Waals surface area contributed by atoms with Crippen LogP contribution in [0, 0.1) is 11.3 Å². The lowest BCUT2D eigenvalue weighted by Gasteiger charge is -2.06. The fourth-order valence-electron chi connectivity index (χ4n) is 2.81. The first-order valence-electron chi connectivity index (χ1n) is 7.58. The van der Waals surface area contributed by atoms with Gasteiger partial charge in [0.15, 0.2) is 0 Å². The number of aryl methyl sites for hydroxylation is 1. The number of nitriles is 1. The molecule has 25 heavy (non-hydrogen) atoms. The Morgan fingerprint density at radius 1 is 1.16 bits per heavy atom. The van der Waals surface area contributed by atoms with E-state index in [0.717, 1.165) is 27.1 Å². The quantitative estimate of drug-likeness (QED) is 0.557. The predicted molar refractivity (Wildman–Crippen MR) is 98.2 cm³/mol. The Morgan fingerprint density at radius 2 is 1.96 bits per heavy atom. The molecule has 0 aliphatic heterocycles. The molecule has 0 unspecified atom stereocenters. The highest BCUT2D eigenvalue weighted by molar-refractivity contribution is 7.18. The summed E-state index contributed by atoms with van der Waals surface area (Å²) in [5.74, 6) is 0. The van der Waals surface area contributed by atoms with Crippen LogP contribution >= 0.6 is 11.3 Å². The molecule has 6 heteroatoms. The molecule has 3 heterocycles. The van der Waals surface area contributed by atoms with E-state index in [1.165, 1.54) is 16.0 Å². The minimum atomic E-state index is -0.147. The molecule has 120 valence electrons. The van der Waals surface area contributed by atoms with Gasteiger partial charge in [0.25, 0.3) is 5.56 Å². The van der Waals surface area contributed by atoms with Crippen molar-refractivity contribution in [3.63, 3.8) is 0 Å². The topological polar surface area (TPSA) is 71.6 Å².